The number of fused-ring (bicyclic) bond motifs is 1. The molecule has 1 aliphatic heterocycles. The molecule has 0 spiro atoms. The summed E-state index contributed by atoms with van der Waals surface area (Å²) in [6.45, 7) is 2.12. The van der Waals surface area contributed by atoms with E-state index in [4.69, 9.17) is 14.9 Å². The first-order valence-corrected chi connectivity index (χ1v) is 9.36. The normalized spacial score (nSPS) is 15.3. The lowest BCUT2D eigenvalue weighted by atomic mass is 9.96. The van der Waals surface area contributed by atoms with E-state index >= 15 is 0 Å². The summed E-state index contributed by atoms with van der Waals surface area (Å²) in [6, 6.07) is 15.6. The Morgan fingerprint density at radius 3 is 2.59 bits per heavy atom. The quantitative estimate of drug-likeness (QED) is 0.762. The molecule has 1 saturated heterocycles. The Morgan fingerprint density at radius 1 is 1.19 bits per heavy atom. The molecule has 2 N–H and O–H groups in total. The Kier molecular flexibility index (Phi) is 4.86. The second kappa shape index (κ2) is 7.45. The number of nitrogens with two attached hydrogens (primary N) is 1. The Bertz CT molecular complexity index is 941. The number of ether oxygens (including phenoxy) is 1. The van der Waals surface area contributed by atoms with Gasteiger partial charge in [-0.05, 0) is 43.0 Å². The van der Waals surface area contributed by atoms with E-state index in [9.17, 15) is 4.79 Å². The van der Waals surface area contributed by atoms with Crippen molar-refractivity contribution in [3.63, 3.8) is 0 Å². The molecule has 2 heterocycles. The number of likely N-dealkylation sites (tertiary alicyclic amines) is 1. The lowest BCUT2D eigenvalue weighted by molar-refractivity contribution is 0.0664. The van der Waals surface area contributed by atoms with E-state index in [0.29, 0.717) is 29.6 Å². The number of amides is 1. The molecule has 2 aromatic carbocycles. The SMILES string of the molecule is COc1ccc2c(-c3ccccc3)c(C(=O)N3CCC(CN)CC3)oc2c1. The van der Waals surface area contributed by atoms with Crippen LogP contribution in [0.4, 0.5) is 0 Å². The number of methoxy groups -OCH3 is 1. The molecule has 4 rings (SSSR count). The molecule has 0 unspecified atom stereocenters. The molecular weight excluding hydrogens is 340 g/mol. The molecule has 140 valence electrons. The average Bonchev–Trinajstić information content (AvgIpc) is 3.12. The van der Waals surface area contributed by atoms with E-state index < -0.39 is 0 Å². The van der Waals surface area contributed by atoms with E-state index in [1.54, 1.807) is 7.11 Å². The van der Waals surface area contributed by atoms with Crippen LogP contribution in [0.2, 0.25) is 0 Å². The summed E-state index contributed by atoms with van der Waals surface area (Å²) in [5, 5.41) is 0.919. The van der Waals surface area contributed by atoms with Crippen LogP contribution < -0.4 is 10.5 Å². The third-order valence-electron chi connectivity index (χ3n) is 5.39. The number of carbonyl (C=O) groups excluding carboxylic acids is 1. The minimum atomic E-state index is -0.0560. The fourth-order valence-corrected chi connectivity index (χ4v) is 3.76. The standard InChI is InChI=1S/C22H24N2O3/c1-26-17-7-8-18-19(13-17)27-21(20(18)16-5-3-2-4-6-16)22(25)24-11-9-15(14-23)10-12-24/h2-8,13,15H,9-12,14,23H2,1H3. The highest BCUT2D eigenvalue weighted by Gasteiger charge is 2.29. The number of benzene rings is 2. The van der Waals surface area contributed by atoms with Crippen molar-refractivity contribution in [2.24, 2.45) is 11.7 Å². The van der Waals surface area contributed by atoms with Crippen LogP contribution >= 0.6 is 0 Å². The Hall–Kier alpha value is -2.79. The maximum Gasteiger partial charge on any atom is 0.290 e. The number of furan rings is 1. The van der Waals surface area contributed by atoms with Gasteiger partial charge >= 0.3 is 0 Å². The summed E-state index contributed by atoms with van der Waals surface area (Å²) in [7, 11) is 1.62. The molecule has 0 atom stereocenters. The first kappa shape index (κ1) is 17.6. The van der Waals surface area contributed by atoms with E-state index in [0.717, 1.165) is 42.4 Å². The molecule has 1 aliphatic rings. The zero-order valence-corrected chi connectivity index (χ0v) is 15.5. The van der Waals surface area contributed by atoms with Crippen LogP contribution in [0.1, 0.15) is 23.4 Å². The Morgan fingerprint density at radius 2 is 1.93 bits per heavy atom. The van der Waals surface area contributed by atoms with Crippen molar-refractivity contribution in [2.75, 3.05) is 26.7 Å². The van der Waals surface area contributed by atoms with E-state index in [1.165, 1.54) is 0 Å². The van der Waals surface area contributed by atoms with Crippen molar-refractivity contribution in [3.8, 4) is 16.9 Å². The molecule has 0 radical (unpaired) electrons. The van der Waals surface area contributed by atoms with Gasteiger partial charge in [0.25, 0.3) is 5.91 Å². The predicted octanol–water partition coefficient (Wildman–Crippen LogP) is 3.92. The maximum atomic E-state index is 13.3. The summed E-state index contributed by atoms with van der Waals surface area (Å²) in [6.07, 6.45) is 1.88. The van der Waals surface area contributed by atoms with Crippen LogP contribution in [-0.2, 0) is 0 Å². The van der Waals surface area contributed by atoms with Gasteiger partial charge in [0.15, 0.2) is 0 Å². The number of carbonyl (C=O) groups is 1. The number of hydrogen-bond donors (Lipinski definition) is 1. The summed E-state index contributed by atoms with van der Waals surface area (Å²) in [5.41, 5.74) is 8.26. The van der Waals surface area contributed by atoms with Crippen LogP contribution in [0.5, 0.6) is 5.75 Å². The highest BCUT2D eigenvalue weighted by atomic mass is 16.5. The van der Waals surface area contributed by atoms with Crippen molar-refractivity contribution in [2.45, 2.75) is 12.8 Å². The Balaban J connectivity index is 1.78. The average molecular weight is 364 g/mol. The highest BCUT2D eigenvalue weighted by Crippen LogP contribution is 2.37. The molecule has 1 amide bonds. The van der Waals surface area contributed by atoms with Gasteiger partial charge in [-0.3, -0.25) is 4.79 Å². The van der Waals surface area contributed by atoms with Gasteiger partial charge in [-0.25, -0.2) is 0 Å². The van der Waals surface area contributed by atoms with Crippen molar-refractivity contribution in [3.05, 3.63) is 54.3 Å². The number of rotatable bonds is 4. The molecule has 0 aliphatic carbocycles. The predicted molar refractivity (Wildman–Crippen MR) is 106 cm³/mol. The molecule has 1 aromatic heterocycles. The second-order valence-corrected chi connectivity index (χ2v) is 7.01. The smallest absolute Gasteiger partial charge is 0.290 e. The lowest BCUT2D eigenvalue weighted by Gasteiger charge is -2.31. The zero-order valence-electron chi connectivity index (χ0n) is 15.5. The third-order valence-corrected chi connectivity index (χ3v) is 5.39. The minimum Gasteiger partial charge on any atom is -0.497 e. The maximum absolute atomic E-state index is 13.3. The van der Waals surface area contributed by atoms with Gasteiger partial charge in [-0.15, -0.1) is 0 Å². The van der Waals surface area contributed by atoms with Gasteiger partial charge in [0, 0.05) is 30.1 Å². The van der Waals surface area contributed by atoms with Crippen molar-refractivity contribution in [1.29, 1.82) is 0 Å². The van der Waals surface area contributed by atoms with Crippen LogP contribution in [0.25, 0.3) is 22.1 Å². The van der Waals surface area contributed by atoms with E-state index in [2.05, 4.69) is 0 Å². The molecule has 5 nitrogen and oxygen atoms in total. The van der Waals surface area contributed by atoms with Crippen LogP contribution in [-0.4, -0.2) is 37.6 Å². The molecule has 27 heavy (non-hydrogen) atoms. The van der Waals surface area contributed by atoms with Crippen LogP contribution in [0.3, 0.4) is 0 Å². The number of nitrogens with zero attached hydrogens (tertiary/aromatic N) is 1. The van der Waals surface area contributed by atoms with Crippen LogP contribution in [0, 0.1) is 5.92 Å². The molecular formula is C22H24N2O3. The zero-order chi connectivity index (χ0) is 18.8. The fourth-order valence-electron chi connectivity index (χ4n) is 3.76. The van der Waals surface area contributed by atoms with Crippen LogP contribution in [0.15, 0.2) is 52.9 Å². The molecule has 5 heteroatoms. The van der Waals surface area contributed by atoms with Gasteiger partial charge in [0.2, 0.25) is 5.76 Å². The molecule has 3 aromatic rings. The fraction of sp³-hybridized carbons (Fsp3) is 0.318. The van der Waals surface area contributed by atoms with Crippen molar-refractivity contribution >= 4 is 16.9 Å². The monoisotopic (exact) mass is 364 g/mol. The first-order valence-electron chi connectivity index (χ1n) is 9.36. The second-order valence-electron chi connectivity index (χ2n) is 7.01. The largest absolute Gasteiger partial charge is 0.497 e. The van der Waals surface area contributed by atoms with E-state index in [-0.39, 0.29) is 5.91 Å². The van der Waals surface area contributed by atoms with Gasteiger partial charge < -0.3 is 19.8 Å². The highest BCUT2D eigenvalue weighted by molar-refractivity contribution is 6.08. The van der Waals surface area contributed by atoms with Gasteiger partial charge in [0.1, 0.15) is 11.3 Å². The van der Waals surface area contributed by atoms with Crippen molar-refractivity contribution in [1.82, 2.24) is 4.90 Å². The summed E-state index contributed by atoms with van der Waals surface area (Å²) in [4.78, 5) is 15.2. The first-order chi connectivity index (χ1) is 13.2. The lowest BCUT2D eigenvalue weighted by Crippen LogP contribution is -2.40. The topological polar surface area (TPSA) is 68.7 Å². The van der Waals surface area contributed by atoms with Crippen molar-refractivity contribution < 1.29 is 13.9 Å². The number of piperidine rings is 1. The summed E-state index contributed by atoms with van der Waals surface area (Å²) < 4.78 is 11.4. The molecule has 1 fully saturated rings. The van der Waals surface area contributed by atoms with E-state index in [1.807, 2.05) is 53.4 Å². The van der Waals surface area contributed by atoms with Gasteiger partial charge in [-0.1, -0.05) is 30.3 Å². The number of hydrogen-bond acceptors (Lipinski definition) is 4. The molecule has 0 bridgehead atoms. The summed E-state index contributed by atoms with van der Waals surface area (Å²) in [5.74, 6) is 1.55. The minimum absolute atomic E-state index is 0.0560. The third kappa shape index (κ3) is 3.30. The molecule has 0 saturated carbocycles. The van der Waals surface area contributed by atoms with Gasteiger partial charge in [-0.2, -0.15) is 0 Å². The Labute approximate surface area is 158 Å². The summed E-state index contributed by atoms with van der Waals surface area (Å²) >= 11 is 0. The van der Waals surface area contributed by atoms with Gasteiger partial charge in [0.05, 0.1) is 7.11 Å².